The average molecular weight is 975 g/mol. The van der Waals surface area contributed by atoms with Crippen molar-refractivity contribution in [1.82, 2.24) is 10.6 Å². The fraction of sp³-hybridized carbons (Fsp3) is 0.322. The van der Waals surface area contributed by atoms with Gasteiger partial charge in [0, 0.05) is 80.6 Å². The van der Waals surface area contributed by atoms with Crippen LogP contribution in [0.4, 0.5) is 11.4 Å². The first kappa shape index (κ1) is 51.9. The number of allylic oxidation sites excluding steroid dienone is 4. The highest BCUT2D eigenvalue weighted by molar-refractivity contribution is 8.04. The highest BCUT2D eigenvalue weighted by Crippen LogP contribution is 2.45. The summed E-state index contributed by atoms with van der Waals surface area (Å²) in [5, 5.41) is 11.0. The minimum atomic E-state index is -0.147. The molecular formula is C59H70N6O3S2+2. The van der Waals surface area contributed by atoms with Gasteiger partial charge in [-0.05, 0) is 92.4 Å². The van der Waals surface area contributed by atoms with Crippen LogP contribution in [-0.4, -0.2) is 58.6 Å². The topological polar surface area (TPSA) is 81.7 Å². The first-order valence-electron chi connectivity index (χ1n) is 25.0. The molecule has 2 N–H and O–H groups in total. The molecule has 2 aliphatic rings. The van der Waals surface area contributed by atoms with Crippen LogP contribution in [0.3, 0.4) is 0 Å². The van der Waals surface area contributed by atoms with Crippen molar-refractivity contribution >= 4 is 80.5 Å². The lowest BCUT2D eigenvalue weighted by Crippen LogP contribution is -2.47. The molecule has 11 heteroatoms. The Morgan fingerprint density at radius 2 is 1.27 bits per heavy atom. The van der Waals surface area contributed by atoms with E-state index in [0.717, 1.165) is 68.1 Å². The number of ether oxygens (including phenoxy) is 1. The molecule has 8 rings (SSSR count). The second-order valence-electron chi connectivity index (χ2n) is 17.4. The third-order valence-electron chi connectivity index (χ3n) is 12.6. The van der Waals surface area contributed by atoms with Gasteiger partial charge in [0.05, 0.1) is 45.4 Å². The lowest BCUT2D eigenvalue weighted by atomic mass is 10.0. The van der Waals surface area contributed by atoms with Crippen molar-refractivity contribution in [3.63, 3.8) is 0 Å². The predicted octanol–water partition coefficient (Wildman–Crippen LogP) is 12.1. The number of hydrogen-bond acceptors (Lipinski definition) is 8. The molecule has 9 nitrogen and oxygen atoms in total. The van der Waals surface area contributed by atoms with E-state index in [1.165, 1.54) is 47.7 Å². The highest BCUT2D eigenvalue weighted by Gasteiger charge is 2.29. The number of ketones is 1. The minimum absolute atomic E-state index is 0.116. The quantitative estimate of drug-likeness (QED) is 0.0514. The predicted molar refractivity (Wildman–Crippen MR) is 294 cm³/mol. The van der Waals surface area contributed by atoms with Crippen molar-refractivity contribution in [3.05, 3.63) is 167 Å². The number of nitrogens with zero attached hydrogens (tertiary/aromatic N) is 4. The van der Waals surface area contributed by atoms with Crippen molar-refractivity contribution in [1.29, 1.82) is 0 Å². The van der Waals surface area contributed by atoms with Crippen LogP contribution in [-0.2, 0) is 20.9 Å². The zero-order valence-corrected chi connectivity index (χ0v) is 43.2. The molecule has 1 atom stereocenters. The molecule has 0 bridgehead atoms. The average Bonchev–Trinajstić information content (AvgIpc) is 3.89. The Morgan fingerprint density at radius 1 is 0.686 bits per heavy atom. The van der Waals surface area contributed by atoms with E-state index < -0.39 is 0 Å². The Balaban J connectivity index is 0.000000207. The van der Waals surface area contributed by atoms with E-state index in [1.807, 2.05) is 13.8 Å². The molecular weight excluding hydrogens is 905 g/mol. The summed E-state index contributed by atoms with van der Waals surface area (Å²) in [6, 6.07) is 38.2. The maximum Gasteiger partial charge on any atom is 0.220 e. The lowest BCUT2D eigenvalue weighted by Gasteiger charge is -2.14. The van der Waals surface area contributed by atoms with Crippen LogP contribution in [0.5, 0.6) is 0 Å². The second kappa shape index (κ2) is 26.8. The van der Waals surface area contributed by atoms with Crippen molar-refractivity contribution in [2.24, 2.45) is 0 Å². The number of hydrogen-bond donors (Lipinski definition) is 2. The standard InChI is InChI=1S/C30H35N3O2S.C29H34N3OS/c1-3-35-23-20-31-29(34)17-5-4-10-21-33-22-19-24(25-13-6-7-14-26(25)33)12-11-18-30-32(2)27-15-8-9-16-28(27)36-30;1-4-6-14-25(27(33)21-30-5-2)32-20-19-22(23-13-7-8-15-24(23)32)12-11-18-29-31(3)26-16-9-10-17-28(26)34-29/h6-9,11-16,18-19,22H,3-5,10,17,20-21,23H2,1-2H3;7-13,15-20,25,30H,4-6,14,21H2,1-3H3/q;+1/p+1. The van der Waals surface area contributed by atoms with Crippen LogP contribution in [0.25, 0.3) is 34.0 Å². The minimum Gasteiger partial charge on any atom is -0.380 e. The molecule has 4 heterocycles. The van der Waals surface area contributed by atoms with E-state index in [0.29, 0.717) is 32.7 Å². The van der Waals surface area contributed by atoms with Gasteiger partial charge in [-0.15, -0.1) is 0 Å². The Kier molecular flexibility index (Phi) is 19.9. The number of anilines is 2. The number of carbonyl (C=O) groups excluding carboxylic acids is 2. The number of carbonyl (C=O) groups is 2. The maximum atomic E-state index is 13.1. The molecule has 0 spiro atoms. The number of likely N-dealkylation sites (N-methyl/N-ethyl adjacent to an activating group) is 1. The molecule has 70 heavy (non-hydrogen) atoms. The summed E-state index contributed by atoms with van der Waals surface area (Å²) in [4.78, 5) is 32.0. The molecule has 0 aliphatic carbocycles. The van der Waals surface area contributed by atoms with Gasteiger partial charge >= 0.3 is 0 Å². The van der Waals surface area contributed by atoms with Gasteiger partial charge in [0.15, 0.2) is 12.4 Å². The second-order valence-corrected chi connectivity index (χ2v) is 19.5. The lowest BCUT2D eigenvalue weighted by molar-refractivity contribution is -0.684. The van der Waals surface area contributed by atoms with Gasteiger partial charge in [0.25, 0.3) is 0 Å². The van der Waals surface area contributed by atoms with Gasteiger partial charge in [-0.1, -0.05) is 117 Å². The summed E-state index contributed by atoms with van der Waals surface area (Å²) in [5.74, 6) is 0.365. The van der Waals surface area contributed by atoms with Crippen molar-refractivity contribution in [3.8, 4) is 0 Å². The monoisotopic (exact) mass is 974 g/mol. The largest absolute Gasteiger partial charge is 0.380 e. The molecule has 0 saturated carbocycles. The number of pyridine rings is 2. The van der Waals surface area contributed by atoms with Crippen molar-refractivity contribution in [2.45, 2.75) is 88.1 Å². The first-order valence-corrected chi connectivity index (χ1v) is 26.6. The fourth-order valence-corrected chi connectivity index (χ4v) is 10.9. The number of amides is 1. The van der Waals surface area contributed by atoms with E-state index in [2.05, 4.69) is 209 Å². The van der Waals surface area contributed by atoms with Gasteiger partial charge in [-0.2, -0.15) is 9.13 Å². The summed E-state index contributed by atoms with van der Waals surface area (Å²) in [5.41, 5.74) is 7.21. The number of nitrogens with one attached hydrogen (secondary N) is 2. The number of aryl methyl sites for hydroxylation is 1. The smallest absolute Gasteiger partial charge is 0.220 e. The number of para-hydroxylation sites is 4. The molecule has 364 valence electrons. The van der Waals surface area contributed by atoms with E-state index in [1.54, 1.807) is 23.5 Å². The number of Topliss-reactive ketones (excluding diaryl/α,β-unsaturated/α-hetero) is 1. The number of thioether (sulfide) groups is 2. The van der Waals surface area contributed by atoms with E-state index >= 15 is 0 Å². The number of unbranched alkanes of at least 4 members (excludes halogenated alkanes) is 3. The van der Waals surface area contributed by atoms with Crippen LogP contribution in [0.15, 0.2) is 166 Å². The van der Waals surface area contributed by atoms with Gasteiger partial charge in [-0.25, -0.2) is 0 Å². The summed E-state index contributed by atoms with van der Waals surface area (Å²) in [7, 11) is 4.23. The summed E-state index contributed by atoms with van der Waals surface area (Å²) < 4.78 is 9.76. The van der Waals surface area contributed by atoms with Crippen LogP contribution in [0.1, 0.15) is 82.9 Å². The molecule has 1 amide bonds. The van der Waals surface area contributed by atoms with Crippen LogP contribution < -0.4 is 29.6 Å². The summed E-state index contributed by atoms with van der Waals surface area (Å²) in [6.45, 7) is 10.2. The highest BCUT2D eigenvalue weighted by atomic mass is 32.2. The van der Waals surface area contributed by atoms with Gasteiger partial charge in [-0.3, -0.25) is 9.59 Å². The molecule has 0 radical (unpaired) electrons. The van der Waals surface area contributed by atoms with E-state index in [-0.39, 0.29) is 17.7 Å². The van der Waals surface area contributed by atoms with Crippen molar-refractivity contribution < 1.29 is 23.5 Å². The zero-order chi connectivity index (χ0) is 49.1. The maximum absolute atomic E-state index is 13.1. The number of rotatable bonds is 22. The summed E-state index contributed by atoms with van der Waals surface area (Å²) in [6.07, 6.45) is 23.8. The molecule has 2 aliphatic heterocycles. The Hall–Kier alpha value is -5.98. The molecule has 6 aromatic rings. The van der Waals surface area contributed by atoms with E-state index in [9.17, 15) is 9.59 Å². The van der Waals surface area contributed by atoms with Gasteiger partial charge < -0.3 is 25.2 Å². The molecule has 1 unspecified atom stereocenters. The third-order valence-corrected chi connectivity index (χ3v) is 15.0. The number of aromatic nitrogens is 2. The number of benzene rings is 4. The third kappa shape index (κ3) is 13.7. The molecule has 0 saturated heterocycles. The Morgan fingerprint density at radius 3 is 1.89 bits per heavy atom. The van der Waals surface area contributed by atoms with Crippen LogP contribution >= 0.6 is 23.5 Å². The zero-order valence-electron chi connectivity index (χ0n) is 41.6. The molecule has 0 fully saturated rings. The van der Waals surface area contributed by atoms with Gasteiger partial charge in [0.2, 0.25) is 28.8 Å². The SMILES string of the molecule is CCCCC(C(=O)CNCC)[n+]1ccc(C=CC=C2Sc3ccccc3N2C)c2ccccc21.CCOCCNC(=O)CCCCC[n+]1ccc(C=CC=C2Sc3ccccc3N2C)c2ccccc21. The van der Waals surface area contributed by atoms with Crippen molar-refractivity contribution in [2.75, 3.05) is 56.7 Å². The molecule has 2 aromatic heterocycles. The van der Waals surface area contributed by atoms with Crippen LogP contribution in [0, 0.1) is 0 Å². The van der Waals surface area contributed by atoms with E-state index in [4.69, 9.17) is 4.74 Å². The fourth-order valence-electron chi connectivity index (χ4n) is 8.80. The first-order chi connectivity index (χ1) is 34.3. The number of fused-ring (bicyclic) bond motifs is 4. The summed E-state index contributed by atoms with van der Waals surface area (Å²) >= 11 is 3.60. The Labute approximate surface area is 424 Å². The van der Waals surface area contributed by atoms with Gasteiger partial charge in [0.1, 0.15) is 6.54 Å². The van der Waals surface area contributed by atoms with Crippen LogP contribution in [0.2, 0.25) is 0 Å². The normalized spacial score (nSPS) is 14.8. The Bertz CT molecular complexity index is 2840. The molecule has 4 aromatic carbocycles.